The molecule has 0 bridgehead atoms. The molecular weight excluding hydrogens is 180 g/mol. The molecule has 0 spiro atoms. The van der Waals surface area contributed by atoms with E-state index in [9.17, 15) is 4.79 Å². The molecule has 0 aromatic rings. The Kier molecular flexibility index (Phi) is 7.11. The van der Waals surface area contributed by atoms with E-state index in [-0.39, 0.29) is 11.9 Å². The van der Waals surface area contributed by atoms with Crippen LogP contribution in [0.5, 0.6) is 0 Å². The molecule has 0 aliphatic carbocycles. The van der Waals surface area contributed by atoms with Crippen molar-refractivity contribution < 1.29 is 14.3 Å². The Morgan fingerprint density at radius 3 is 2.36 bits per heavy atom. The molecule has 0 rings (SSSR count). The van der Waals surface area contributed by atoms with Crippen LogP contribution in [0.4, 0.5) is 0 Å². The van der Waals surface area contributed by atoms with Crippen LogP contribution in [0.3, 0.4) is 0 Å². The zero-order valence-electron chi connectivity index (χ0n) is 9.45. The van der Waals surface area contributed by atoms with E-state index in [1.165, 1.54) is 0 Å². The summed E-state index contributed by atoms with van der Waals surface area (Å²) in [6.07, 6.45) is 3.88. The third-order valence-electron chi connectivity index (χ3n) is 1.69. The SMILES string of the molecule is COCCOC(=O)C(C)/C=C\C(C)C. The normalized spacial score (nSPS) is 13.5. The van der Waals surface area contributed by atoms with Crippen molar-refractivity contribution in [2.45, 2.75) is 20.8 Å². The first-order valence-corrected chi connectivity index (χ1v) is 4.91. The molecule has 14 heavy (non-hydrogen) atoms. The van der Waals surface area contributed by atoms with Crippen LogP contribution in [0.15, 0.2) is 12.2 Å². The highest BCUT2D eigenvalue weighted by atomic mass is 16.6. The molecule has 0 N–H and O–H groups in total. The van der Waals surface area contributed by atoms with E-state index in [1.807, 2.05) is 19.1 Å². The van der Waals surface area contributed by atoms with E-state index in [4.69, 9.17) is 9.47 Å². The van der Waals surface area contributed by atoms with Crippen LogP contribution in [0.25, 0.3) is 0 Å². The highest BCUT2D eigenvalue weighted by Gasteiger charge is 2.10. The van der Waals surface area contributed by atoms with Gasteiger partial charge in [0.2, 0.25) is 0 Å². The molecule has 0 radical (unpaired) electrons. The predicted octanol–water partition coefficient (Wildman–Crippen LogP) is 2.02. The molecule has 3 heteroatoms. The van der Waals surface area contributed by atoms with Crippen molar-refractivity contribution in [3.63, 3.8) is 0 Å². The molecule has 0 amide bonds. The Morgan fingerprint density at radius 2 is 1.86 bits per heavy atom. The second-order valence-electron chi connectivity index (χ2n) is 3.58. The van der Waals surface area contributed by atoms with Gasteiger partial charge in [-0.05, 0) is 12.8 Å². The third kappa shape index (κ3) is 6.66. The molecular formula is C11H20O3. The van der Waals surface area contributed by atoms with E-state index in [0.29, 0.717) is 19.1 Å². The second kappa shape index (κ2) is 7.56. The van der Waals surface area contributed by atoms with Crippen molar-refractivity contribution in [2.75, 3.05) is 20.3 Å². The molecule has 0 aromatic carbocycles. The smallest absolute Gasteiger partial charge is 0.312 e. The average molecular weight is 200 g/mol. The lowest BCUT2D eigenvalue weighted by molar-refractivity contribution is -0.147. The number of carbonyl (C=O) groups is 1. The van der Waals surface area contributed by atoms with E-state index in [0.717, 1.165) is 0 Å². The van der Waals surface area contributed by atoms with E-state index >= 15 is 0 Å². The number of esters is 1. The molecule has 3 nitrogen and oxygen atoms in total. The van der Waals surface area contributed by atoms with Gasteiger partial charge in [-0.1, -0.05) is 26.0 Å². The third-order valence-corrected chi connectivity index (χ3v) is 1.69. The molecule has 1 atom stereocenters. The Labute approximate surface area is 86.1 Å². The van der Waals surface area contributed by atoms with Gasteiger partial charge in [0, 0.05) is 7.11 Å². The lowest BCUT2D eigenvalue weighted by Crippen LogP contribution is -2.15. The first-order chi connectivity index (χ1) is 6.57. The summed E-state index contributed by atoms with van der Waals surface area (Å²) >= 11 is 0. The topological polar surface area (TPSA) is 35.5 Å². The molecule has 0 saturated heterocycles. The molecule has 0 saturated carbocycles. The lowest BCUT2D eigenvalue weighted by atomic mass is 10.1. The molecule has 0 aromatic heterocycles. The fourth-order valence-corrected chi connectivity index (χ4v) is 0.824. The maximum atomic E-state index is 11.3. The lowest BCUT2D eigenvalue weighted by Gasteiger charge is -2.07. The summed E-state index contributed by atoms with van der Waals surface area (Å²) in [4.78, 5) is 11.3. The summed E-state index contributed by atoms with van der Waals surface area (Å²) in [7, 11) is 1.58. The first kappa shape index (κ1) is 13.2. The largest absolute Gasteiger partial charge is 0.463 e. The van der Waals surface area contributed by atoms with Crippen molar-refractivity contribution in [1.82, 2.24) is 0 Å². The van der Waals surface area contributed by atoms with Gasteiger partial charge in [-0.25, -0.2) is 0 Å². The Balaban J connectivity index is 3.76. The summed E-state index contributed by atoms with van der Waals surface area (Å²) in [5.74, 6) is 0.0948. The van der Waals surface area contributed by atoms with Crippen LogP contribution in [-0.2, 0) is 14.3 Å². The zero-order chi connectivity index (χ0) is 11.0. The standard InChI is InChI=1S/C11H20O3/c1-9(2)5-6-10(3)11(12)14-8-7-13-4/h5-6,9-10H,7-8H2,1-4H3/b6-5-. The van der Waals surface area contributed by atoms with Crippen LogP contribution < -0.4 is 0 Å². The quantitative estimate of drug-likeness (QED) is 0.374. The maximum absolute atomic E-state index is 11.3. The summed E-state index contributed by atoms with van der Waals surface area (Å²) in [5, 5.41) is 0. The number of rotatable bonds is 6. The minimum atomic E-state index is -0.195. The van der Waals surface area contributed by atoms with Gasteiger partial charge in [-0.15, -0.1) is 0 Å². The van der Waals surface area contributed by atoms with E-state index < -0.39 is 0 Å². The Bertz CT molecular complexity index is 185. The average Bonchev–Trinajstić information content (AvgIpc) is 2.14. The van der Waals surface area contributed by atoms with Gasteiger partial charge in [-0.2, -0.15) is 0 Å². The first-order valence-electron chi connectivity index (χ1n) is 4.91. The van der Waals surface area contributed by atoms with Crippen molar-refractivity contribution in [2.24, 2.45) is 11.8 Å². The monoisotopic (exact) mass is 200 g/mol. The number of hydrogen-bond acceptors (Lipinski definition) is 3. The fraction of sp³-hybridized carbons (Fsp3) is 0.727. The number of methoxy groups -OCH3 is 1. The van der Waals surface area contributed by atoms with Gasteiger partial charge in [0.05, 0.1) is 12.5 Å². The van der Waals surface area contributed by atoms with Gasteiger partial charge < -0.3 is 9.47 Å². The second-order valence-corrected chi connectivity index (χ2v) is 3.58. The van der Waals surface area contributed by atoms with Crippen LogP contribution in [0, 0.1) is 11.8 Å². The van der Waals surface area contributed by atoms with Crippen LogP contribution in [-0.4, -0.2) is 26.3 Å². The molecule has 0 aliphatic rings. The fourth-order valence-electron chi connectivity index (χ4n) is 0.824. The Morgan fingerprint density at radius 1 is 1.21 bits per heavy atom. The zero-order valence-corrected chi connectivity index (χ0v) is 9.45. The predicted molar refractivity (Wildman–Crippen MR) is 56.0 cm³/mol. The molecule has 0 fully saturated rings. The van der Waals surface area contributed by atoms with Crippen molar-refractivity contribution in [3.8, 4) is 0 Å². The van der Waals surface area contributed by atoms with Crippen LogP contribution >= 0.6 is 0 Å². The number of ether oxygens (including phenoxy) is 2. The highest BCUT2D eigenvalue weighted by Crippen LogP contribution is 2.04. The van der Waals surface area contributed by atoms with Crippen LogP contribution in [0.1, 0.15) is 20.8 Å². The number of hydrogen-bond donors (Lipinski definition) is 0. The van der Waals surface area contributed by atoms with Crippen molar-refractivity contribution >= 4 is 5.97 Å². The summed E-state index contributed by atoms with van der Waals surface area (Å²) in [6, 6.07) is 0. The minimum Gasteiger partial charge on any atom is -0.463 e. The van der Waals surface area contributed by atoms with Gasteiger partial charge in [0.1, 0.15) is 6.61 Å². The summed E-state index contributed by atoms with van der Waals surface area (Å²) in [5.41, 5.74) is 0. The molecule has 1 unspecified atom stereocenters. The number of carbonyl (C=O) groups excluding carboxylic acids is 1. The van der Waals surface area contributed by atoms with Gasteiger partial charge in [-0.3, -0.25) is 4.79 Å². The van der Waals surface area contributed by atoms with Crippen molar-refractivity contribution in [1.29, 1.82) is 0 Å². The molecule has 0 heterocycles. The maximum Gasteiger partial charge on any atom is 0.312 e. The minimum absolute atomic E-state index is 0.172. The van der Waals surface area contributed by atoms with E-state index in [1.54, 1.807) is 7.11 Å². The van der Waals surface area contributed by atoms with Gasteiger partial charge in [0.25, 0.3) is 0 Å². The van der Waals surface area contributed by atoms with Gasteiger partial charge in [0.15, 0.2) is 0 Å². The molecule has 82 valence electrons. The highest BCUT2D eigenvalue weighted by molar-refractivity contribution is 5.73. The summed E-state index contributed by atoms with van der Waals surface area (Å²) < 4.78 is 9.74. The Hall–Kier alpha value is -0.830. The van der Waals surface area contributed by atoms with E-state index in [2.05, 4.69) is 13.8 Å². The van der Waals surface area contributed by atoms with Gasteiger partial charge >= 0.3 is 5.97 Å². The molecule has 0 aliphatic heterocycles. The van der Waals surface area contributed by atoms with Crippen molar-refractivity contribution in [3.05, 3.63) is 12.2 Å². The summed E-state index contributed by atoms with van der Waals surface area (Å²) in [6.45, 7) is 6.74. The van der Waals surface area contributed by atoms with Crippen LogP contribution in [0.2, 0.25) is 0 Å². The number of allylic oxidation sites excluding steroid dienone is 1.